The first-order valence-electron chi connectivity index (χ1n) is 7.95. The number of hydrogen-bond donors (Lipinski definition) is 1. The molecule has 3 rings (SSSR count). The van der Waals surface area contributed by atoms with Crippen molar-refractivity contribution in [1.29, 1.82) is 0 Å². The van der Waals surface area contributed by atoms with Gasteiger partial charge in [0.05, 0.1) is 12.3 Å². The molecule has 5 heteroatoms. The van der Waals surface area contributed by atoms with Gasteiger partial charge in [0.2, 0.25) is 0 Å². The maximum Gasteiger partial charge on any atom is 0.321 e. The number of likely N-dealkylation sites (tertiary alicyclic amines) is 1. The van der Waals surface area contributed by atoms with Crippen molar-refractivity contribution in [3.63, 3.8) is 0 Å². The number of methoxy groups -OCH3 is 1. The first-order valence-corrected chi connectivity index (χ1v) is 8.83. The number of nitrogens with zero attached hydrogens (tertiary/aromatic N) is 1. The molecule has 0 radical (unpaired) electrons. The molecule has 2 aromatic rings. The topological polar surface area (TPSA) is 41.6 Å². The number of piperidine rings is 1. The van der Waals surface area contributed by atoms with Gasteiger partial charge in [0.25, 0.3) is 0 Å². The van der Waals surface area contributed by atoms with Crippen LogP contribution < -0.4 is 5.32 Å². The lowest BCUT2D eigenvalue weighted by molar-refractivity contribution is 0.104. The fourth-order valence-electron chi connectivity index (χ4n) is 3.05. The Balaban J connectivity index is 1.71. The Morgan fingerprint density at radius 2 is 2.22 bits per heavy atom. The van der Waals surface area contributed by atoms with E-state index in [0.29, 0.717) is 5.92 Å². The number of thiophene rings is 1. The Kier molecular flexibility index (Phi) is 5.31. The van der Waals surface area contributed by atoms with E-state index < -0.39 is 0 Å². The monoisotopic (exact) mass is 330 g/mol. The van der Waals surface area contributed by atoms with Crippen molar-refractivity contribution >= 4 is 23.1 Å². The predicted octanol–water partition coefficient (Wildman–Crippen LogP) is 4.31. The zero-order chi connectivity index (χ0) is 16.1. The fourth-order valence-corrected chi connectivity index (χ4v) is 3.82. The van der Waals surface area contributed by atoms with Crippen molar-refractivity contribution in [2.75, 3.05) is 32.1 Å². The van der Waals surface area contributed by atoms with Gasteiger partial charge in [0.1, 0.15) is 0 Å². The van der Waals surface area contributed by atoms with Gasteiger partial charge in [-0.3, -0.25) is 0 Å². The summed E-state index contributed by atoms with van der Waals surface area (Å²) in [6.45, 7) is 2.30. The molecular weight excluding hydrogens is 308 g/mol. The van der Waals surface area contributed by atoms with Gasteiger partial charge in [-0.1, -0.05) is 24.3 Å². The van der Waals surface area contributed by atoms with Crippen LogP contribution in [0, 0.1) is 5.92 Å². The van der Waals surface area contributed by atoms with Gasteiger partial charge in [-0.15, -0.1) is 11.3 Å². The highest BCUT2D eigenvalue weighted by atomic mass is 32.1. The highest BCUT2D eigenvalue weighted by Crippen LogP contribution is 2.31. The molecule has 0 unspecified atom stereocenters. The highest BCUT2D eigenvalue weighted by molar-refractivity contribution is 7.13. The summed E-state index contributed by atoms with van der Waals surface area (Å²) >= 11 is 1.68. The first kappa shape index (κ1) is 16.0. The average molecular weight is 330 g/mol. The summed E-state index contributed by atoms with van der Waals surface area (Å²) in [6.07, 6.45) is 2.16. The molecule has 0 spiro atoms. The van der Waals surface area contributed by atoms with Crippen molar-refractivity contribution < 1.29 is 9.53 Å². The quantitative estimate of drug-likeness (QED) is 0.908. The number of benzene rings is 1. The lowest BCUT2D eigenvalue weighted by Crippen LogP contribution is -2.43. The van der Waals surface area contributed by atoms with Gasteiger partial charge in [0, 0.05) is 36.6 Å². The third kappa shape index (κ3) is 3.92. The third-order valence-corrected chi connectivity index (χ3v) is 5.07. The molecule has 1 fully saturated rings. The van der Waals surface area contributed by atoms with E-state index in [0.717, 1.165) is 48.7 Å². The van der Waals surface area contributed by atoms with Gasteiger partial charge in [-0.25, -0.2) is 4.79 Å². The summed E-state index contributed by atoms with van der Waals surface area (Å²) in [4.78, 5) is 15.7. The summed E-state index contributed by atoms with van der Waals surface area (Å²) in [5.74, 6) is 0.437. The SMILES string of the molecule is COC[C@@H]1CCCN(C(=O)Nc2ccccc2-c2cccs2)C1. The second-order valence-electron chi connectivity index (χ2n) is 5.86. The maximum atomic E-state index is 12.6. The number of carbonyl (C=O) groups excluding carboxylic acids is 1. The predicted molar refractivity (Wildman–Crippen MR) is 94.9 cm³/mol. The molecule has 2 amide bonds. The molecule has 0 bridgehead atoms. The molecule has 1 saturated heterocycles. The molecule has 0 saturated carbocycles. The molecule has 23 heavy (non-hydrogen) atoms. The second-order valence-corrected chi connectivity index (χ2v) is 6.81. The molecule has 1 aliphatic rings. The molecular formula is C18H22N2O2S. The number of urea groups is 1. The number of rotatable bonds is 4. The van der Waals surface area contributed by atoms with E-state index in [-0.39, 0.29) is 6.03 Å². The number of carbonyl (C=O) groups is 1. The van der Waals surface area contributed by atoms with Crippen LogP contribution in [0.4, 0.5) is 10.5 Å². The average Bonchev–Trinajstić information content (AvgIpc) is 3.10. The van der Waals surface area contributed by atoms with Gasteiger partial charge >= 0.3 is 6.03 Å². The van der Waals surface area contributed by atoms with Crippen molar-refractivity contribution in [1.82, 2.24) is 4.90 Å². The molecule has 1 aromatic carbocycles. The number of ether oxygens (including phenoxy) is 1. The largest absolute Gasteiger partial charge is 0.384 e. The summed E-state index contributed by atoms with van der Waals surface area (Å²) in [6, 6.07) is 12.0. The lowest BCUT2D eigenvalue weighted by Gasteiger charge is -2.32. The van der Waals surface area contributed by atoms with Crippen molar-refractivity contribution in [2.45, 2.75) is 12.8 Å². The van der Waals surface area contributed by atoms with Gasteiger partial charge < -0.3 is 15.0 Å². The zero-order valence-corrected chi connectivity index (χ0v) is 14.1. The second kappa shape index (κ2) is 7.62. The van der Waals surface area contributed by atoms with Gasteiger partial charge in [0.15, 0.2) is 0 Å². The smallest absolute Gasteiger partial charge is 0.321 e. The van der Waals surface area contributed by atoms with Crippen molar-refractivity contribution in [3.05, 3.63) is 41.8 Å². The van der Waals surface area contributed by atoms with Crippen LogP contribution in [0.25, 0.3) is 10.4 Å². The molecule has 1 aliphatic heterocycles. The number of hydrogen-bond acceptors (Lipinski definition) is 3. The molecule has 1 atom stereocenters. The third-order valence-electron chi connectivity index (χ3n) is 4.16. The van der Waals surface area contributed by atoms with E-state index in [1.165, 1.54) is 0 Å². The van der Waals surface area contributed by atoms with Crippen molar-refractivity contribution in [3.8, 4) is 10.4 Å². The van der Waals surface area contributed by atoms with Crippen LogP contribution >= 0.6 is 11.3 Å². The fraction of sp³-hybridized carbons (Fsp3) is 0.389. The number of anilines is 1. The Labute approximate surface area is 141 Å². The molecule has 2 heterocycles. The number of amides is 2. The van der Waals surface area contributed by atoms with Crippen LogP contribution in [0.1, 0.15) is 12.8 Å². The summed E-state index contributed by atoms with van der Waals surface area (Å²) in [7, 11) is 1.72. The number of para-hydroxylation sites is 1. The van der Waals surface area contributed by atoms with E-state index in [4.69, 9.17) is 4.74 Å². The summed E-state index contributed by atoms with van der Waals surface area (Å²) in [5.41, 5.74) is 1.94. The molecule has 4 nitrogen and oxygen atoms in total. The molecule has 0 aliphatic carbocycles. The summed E-state index contributed by atoms with van der Waals surface area (Å²) < 4.78 is 5.24. The molecule has 1 N–H and O–H groups in total. The van der Waals surface area contributed by atoms with Crippen LogP contribution in [0.15, 0.2) is 41.8 Å². The maximum absolute atomic E-state index is 12.6. The first-order chi connectivity index (χ1) is 11.3. The summed E-state index contributed by atoms with van der Waals surface area (Å²) in [5, 5.41) is 5.13. The standard InChI is InChI=1S/C18H22N2O2S/c1-22-13-14-6-4-10-20(12-14)18(21)19-16-8-3-2-7-15(16)17-9-5-11-23-17/h2-3,5,7-9,11,14H,4,6,10,12-13H2,1H3,(H,19,21)/t14-/m1/s1. The van der Waals surface area contributed by atoms with Gasteiger partial charge in [-0.2, -0.15) is 0 Å². The van der Waals surface area contributed by atoms with Crippen molar-refractivity contribution in [2.24, 2.45) is 5.92 Å². The minimum atomic E-state index is -0.0187. The van der Waals surface area contributed by atoms with Crippen LogP contribution in [-0.4, -0.2) is 37.7 Å². The lowest BCUT2D eigenvalue weighted by atomic mass is 9.99. The van der Waals surface area contributed by atoms with Crippen LogP contribution in [0.5, 0.6) is 0 Å². The zero-order valence-electron chi connectivity index (χ0n) is 13.3. The van der Waals surface area contributed by atoms with Gasteiger partial charge in [-0.05, 0) is 30.4 Å². The normalized spacial score (nSPS) is 18.0. The van der Waals surface area contributed by atoms with E-state index in [1.54, 1.807) is 18.4 Å². The molecule has 122 valence electrons. The number of nitrogens with one attached hydrogen (secondary N) is 1. The van der Waals surface area contributed by atoms with E-state index in [2.05, 4.69) is 11.4 Å². The minimum absolute atomic E-state index is 0.0187. The highest BCUT2D eigenvalue weighted by Gasteiger charge is 2.24. The minimum Gasteiger partial charge on any atom is -0.384 e. The molecule has 1 aromatic heterocycles. The van der Waals surface area contributed by atoms with Crippen LogP contribution in [-0.2, 0) is 4.74 Å². The van der Waals surface area contributed by atoms with E-state index in [1.807, 2.05) is 40.6 Å². The van der Waals surface area contributed by atoms with E-state index in [9.17, 15) is 4.79 Å². The Hall–Kier alpha value is -1.85. The van der Waals surface area contributed by atoms with Crippen LogP contribution in [0.3, 0.4) is 0 Å². The Morgan fingerprint density at radius 3 is 3.00 bits per heavy atom. The Bertz CT molecular complexity index is 640. The Morgan fingerprint density at radius 1 is 1.35 bits per heavy atom. The van der Waals surface area contributed by atoms with E-state index >= 15 is 0 Å². The van der Waals surface area contributed by atoms with Crippen LogP contribution in [0.2, 0.25) is 0 Å².